The summed E-state index contributed by atoms with van der Waals surface area (Å²) in [5.74, 6) is 3.03. The van der Waals surface area contributed by atoms with Crippen LogP contribution >= 0.6 is 11.8 Å². The van der Waals surface area contributed by atoms with Crippen LogP contribution in [0.3, 0.4) is 0 Å². The highest BCUT2D eigenvalue weighted by Gasteiger charge is 2.23. The Hall–Kier alpha value is -3.29. The van der Waals surface area contributed by atoms with Gasteiger partial charge in [-0.1, -0.05) is 11.8 Å². The van der Waals surface area contributed by atoms with E-state index in [1.807, 2.05) is 35.8 Å². The number of nitrogens with one attached hydrogen (secondary N) is 1. The van der Waals surface area contributed by atoms with Gasteiger partial charge in [0.1, 0.15) is 17.8 Å². The first kappa shape index (κ1) is 22.5. The molecule has 1 aliphatic heterocycles. The second-order valence-electron chi connectivity index (χ2n) is 7.71. The van der Waals surface area contributed by atoms with E-state index in [1.54, 1.807) is 0 Å². The fourth-order valence-corrected chi connectivity index (χ4v) is 5.16. The largest absolute Gasteiger partial charge is 0.461 e. The minimum atomic E-state index is -3.28. The van der Waals surface area contributed by atoms with Crippen molar-refractivity contribution in [3.8, 4) is 22.8 Å². The molecule has 0 bridgehead atoms. The fourth-order valence-electron chi connectivity index (χ4n) is 3.59. The Morgan fingerprint density at radius 1 is 1.21 bits per heavy atom. The Morgan fingerprint density at radius 2 is 2.00 bits per heavy atom. The van der Waals surface area contributed by atoms with Crippen molar-refractivity contribution >= 4 is 38.8 Å². The van der Waals surface area contributed by atoms with Gasteiger partial charge in [-0.2, -0.15) is 0 Å². The predicted octanol–water partition coefficient (Wildman–Crippen LogP) is 2.80. The summed E-state index contributed by atoms with van der Waals surface area (Å²) in [6, 6.07) is 7.58. The van der Waals surface area contributed by atoms with Gasteiger partial charge < -0.3 is 24.2 Å². The van der Waals surface area contributed by atoms with Gasteiger partial charge in [-0.25, -0.2) is 28.1 Å². The van der Waals surface area contributed by atoms with Crippen molar-refractivity contribution in [2.75, 3.05) is 25.3 Å². The number of aryl methyl sites for hydroxylation is 2. The quantitative estimate of drug-likeness (QED) is 0.345. The zero-order valence-electron chi connectivity index (χ0n) is 18.4. The molecular weight excluding hydrogens is 480 g/mol. The van der Waals surface area contributed by atoms with Crippen molar-refractivity contribution in [3.05, 3.63) is 36.4 Å². The SMILES string of the molecule is Cc1ccc(-c2cc3c(cc2Sc2nc4c(N)ncnc4n2CCCNS(C)(=O)=O)OCO3)o1. The van der Waals surface area contributed by atoms with Gasteiger partial charge in [-0.3, -0.25) is 0 Å². The van der Waals surface area contributed by atoms with Gasteiger partial charge >= 0.3 is 0 Å². The summed E-state index contributed by atoms with van der Waals surface area (Å²) in [4.78, 5) is 14.0. The van der Waals surface area contributed by atoms with E-state index in [2.05, 4.69) is 14.7 Å². The lowest BCUT2D eigenvalue weighted by Crippen LogP contribution is -2.24. The van der Waals surface area contributed by atoms with E-state index in [1.165, 1.54) is 18.1 Å². The van der Waals surface area contributed by atoms with Gasteiger partial charge in [0, 0.05) is 23.5 Å². The molecule has 0 saturated heterocycles. The number of benzene rings is 1. The van der Waals surface area contributed by atoms with Crippen molar-refractivity contribution in [2.24, 2.45) is 0 Å². The van der Waals surface area contributed by atoms with E-state index in [9.17, 15) is 8.42 Å². The number of sulfonamides is 1. The second-order valence-corrected chi connectivity index (χ2v) is 10.6. The first-order chi connectivity index (χ1) is 16.3. The number of fused-ring (bicyclic) bond motifs is 2. The van der Waals surface area contributed by atoms with Crippen molar-refractivity contribution in [2.45, 2.75) is 29.9 Å². The summed E-state index contributed by atoms with van der Waals surface area (Å²) >= 11 is 1.40. The van der Waals surface area contributed by atoms with E-state index in [0.29, 0.717) is 46.5 Å². The average molecular weight is 503 g/mol. The first-order valence-corrected chi connectivity index (χ1v) is 13.1. The van der Waals surface area contributed by atoms with Gasteiger partial charge in [0.25, 0.3) is 0 Å². The maximum atomic E-state index is 11.4. The van der Waals surface area contributed by atoms with Crippen LogP contribution in [0, 0.1) is 6.92 Å². The molecule has 11 nitrogen and oxygen atoms in total. The number of imidazole rings is 1. The Balaban J connectivity index is 1.54. The minimum Gasteiger partial charge on any atom is -0.461 e. The molecule has 0 spiro atoms. The molecule has 178 valence electrons. The molecule has 0 unspecified atom stereocenters. The number of nitrogens with zero attached hydrogens (tertiary/aromatic N) is 4. The van der Waals surface area contributed by atoms with E-state index < -0.39 is 10.0 Å². The van der Waals surface area contributed by atoms with Crippen LogP contribution in [0.1, 0.15) is 12.2 Å². The molecule has 4 heterocycles. The molecule has 3 N–H and O–H groups in total. The molecule has 0 fully saturated rings. The van der Waals surface area contributed by atoms with Gasteiger partial charge in [0.2, 0.25) is 16.8 Å². The third-order valence-electron chi connectivity index (χ3n) is 5.13. The molecular formula is C21H22N6O5S2. The maximum absolute atomic E-state index is 11.4. The molecule has 13 heteroatoms. The summed E-state index contributed by atoms with van der Waals surface area (Å²) in [7, 11) is -3.28. The molecule has 5 rings (SSSR count). The molecule has 0 amide bonds. The van der Waals surface area contributed by atoms with Crippen molar-refractivity contribution in [3.63, 3.8) is 0 Å². The number of nitrogen functional groups attached to an aromatic ring is 1. The van der Waals surface area contributed by atoms with Crippen LogP contribution in [0.25, 0.3) is 22.5 Å². The summed E-state index contributed by atoms with van der Waals surface area (Å²) in [5.41, 5.74) is 7.95. The molecule has 0 atom stereocenters. The molecule has 1 aliphatic rings. The predicted molar refractivity (Wildman–Crippen MR) is 126 cm³/mol. The molecule has 34 heavy (non-hydrogen) atoms. The normalized spacial score (nSPS) is 13.1. The Morgan fingerprint density at radius 3 is 2.74 bits per heavy atom. The topological polar surface area (TPSA) is 147 Å². The second kappa shape index (κ2) is 8.81. The fraction of sp³-hybridized carbons (Fsp3) is 0.286. The van der Waals surface area contributed by atoms with E-state index >= 15 is 0 Å². The maximum Gasteiger partial charge on any atom is 0.231 e. The Kier molecular flexibility index (Phi) is 5.83. The van der Waals surface area contributed by atoms with Gasteiger partial charge in [-0.15, -0.1) is 0 Å². The number of nitrogens with two attached hydrogens (primary N) is 1. The molecule has 1 aromatic carbocycles. The zero-order chi connectivity index (χ0) is 23.9. The molecule has 0 aliphatic carbocycles. The van der Waals surface area contributed by atoms with E-state index in [-0.39, 0.29) is 19.2 Å². The lowest BCUT2D eigenvalue weighted by atomic mass is 10.1. The molecule has 4 aromatic rings. The van der Waals surface area contributed by atoms with Crippen LogP contribution in [0.15, 0.2) is 45.1 Å². The van der Waals surface area contributed by atoms with Gasteiger partial charge in [0.15, 0.2) is 33.6 Å². The third-order valence-corrected chi connectivity index (χ3v) is 6.91. The number of anilines is 1. The number of aromatic nitrogens is 4. The highest BCUT2D eigenvalue weighted by atomic mass is 32.2. The minimum absolute atomic E-state index is 0.151. The van der Waals surface area contributed by atoms with Crippen molar-refractivity contribution < 1.29 is 22.3 Å². The standard InChI is InChI=1S/C21H22N6O5S2/c1-12-4-5-14(32-12)13-8-15-16(31-11-30-15)9-17(13)33-21-26-18-19(22)23-10-24-20(18)27(21)7-3-6-25-34(2,28)29/h4-5,8-10,25H,3,6-7,11H2,1-2H3,(H2,22,23,24). The zero-order valence-corrected chi connectivity index (χ0v) is 20.1. The van der Waals surface area contributed by atoms with Crippen LogP contribution in [-0.2, 0) is 16.6 Å². The summed E-state index contributed by atoms with van der Waals surface area (Å²) in [6.45, 7) is 2.79. The molecule has 0 saturated carbocycles. The van der Waals surface area contributed by atoms with Gasteiger partial charge in [0.05, 0.1) is 6.26 Å². The first-order valence-electron chi connectivity index (χ1n) is 10.4. The van der Waals surface area contributed by atoms with Crippen LogP contribution in [0.5, 0.6) is 11.5 Å². The third kappa shape index (κ3) is 4.54. The Labute approximate surface area is 199 Å². The summed E-state index contributed by atoms with van der Waals surface area (Å²) in [6.07, 6.45) is 3.05. The number of furan rings is 1. The van der Waals surface area contributed by atoms with Crippen LogP contribution in [-0.4, -0.2) is 47.5 Å². The number of hydrogen-bond acceptors (Lipinski definition) is 10. The summed E-state index contributed by atoms with van der Waals surface area (Å²) < 4.78 is 44.3. The van der Waals surface area contributed by atoms with Crippen LogP contribution in [0.4, 0.5) is 5.82 Å². The van der Waals surface area contributed by atoms with E-state index in [4.69, 9.17) is 24.6 Å². The average Bonchev–Trinajstić information content (AvgIpc) is 3.49. The van der Waals surface area contributed by atoms with Crippen molar-refractivity contribution in [1.82, 2.24) is 24.2 Å². The van der Waals surface area contributed by atoms with Crippen LogP contribution < -0.4 is 19.9 Å². The molecule has 3 aromatic heterocycles. The van der Waals surface area contributed by atoms with Gasteiger partial charge in [-0.05, 0) is 37.6 Å². The number of ether oxygens (including phenoxy) is 2. The highest BCUT2D eigenvalue weighted by Crippen LogP contribution is 2.45. The Bertz CT molecular complexity index is 1480. The molecule has 0 radical (unpaired) electrons. The lowest BCUT2D eigenvalue weighted by molar-refractivity contribution is 0.174. The van der Waals surface area contributed by atoms with Crippen molar-refractivity contribution in [1.29, 1.82) is 0 Å². The lowest BCUT2D eigenvalue weighted by Gasteiger charge is -2.11. The monoisotopic (exact) mass is 502 g/mol. The van der Waals surface area contributed by atoms with E-state index in [0.717, 1.165) is 22.5 Å². The smallest absolute Gasteiger partial charge is 0.231 e. The van der Waals surface area contributed by atoms with Crippen LogP contribution in [0.2, 0.25) is 0 Å². The number of hydrogen-bond donors (Lipinski definition) is 2. The highest BCUT2D eigenvalue weighted by molar-refractivity contribution is 7.99. The number of rotatable bonds is 8. The summed E-state index contributed by atoms with van der Waals surface area (Å²) in [5, 5.41) is 0.630.